The van der Waals surface area contributed by atoms with Crippen molar-refractivity contribution in [2.24, 2.45) is 0 Å². The molecular formula is C19H28N4O2S. The molecule has 0 saturated carbocycles. The quantitative estimate of drug-likeness (QED) is 0.802. The van der Waals surface area contributed by atoms with E-state index in [1.54, 1.807) is 4.31 Å². The molecule has 0 unspecified atom stereocenters. The van der Waals surface area contributed by atoms with E-state index >= 15 is 0 Å². The number of sulfonamides is 1. The molecule has 2 heterocycles. The predicted molar refractivity (Wildman–Crippen MR) is 103 cm³/mol. The molecule has 0 radical (unpaired) electrons. The summed E-state index contributed by atoms with van der Waals surface area (Å²) in [6, 6.07) is 3.90. The second-order valence-corrected chi connectivity index (χ2v) is 9.02. The lowest BCUT2D eigenvalue weighted by molar-refractivity contribution is 0.182. The number of imidazole rings is 1. The van der Waals surface area contributed by atoms with E-state index in [1.807, 2.05) is 52.2 Å². The van der Waals surface area contributed by atoms with Gasteiger partial charge in [0.1, 0.15) is 5.82 Å². The van der Waals surface area contributed by atoms with Gasteiger partial charge in [0.05, 0.1) is 4.90 Å². The number of hydrogen-bond acceptors (Lipinski definition) is 4. The fourth-order valence-corrected chi connectivity index (χ4v) is 5.62. The maximum absolute atomic E-state index is 13.1. The van der Waals surface area contributed by atoms with Crippen molar-refractivity contribution in [3.63, 3.8) is 0 Å². The van der Waals surface area contributed by atoms with E-state index in [9.17, 15) is 8.42 Å². The summed E-state index contributed by atoms with van der Waals surface area (Å²) in [5.41, 5.74) is 2.76. The first kappa shape index (κ1) is 19.1. The Kier molecular flexibility index (Phi) is 5.50. The third kappa shape index (κ3) is 3.84. The Morgan fingerprint density at radius 1 is 0.962 bits per heavy atom. The molecule has 6 nitrogen and oxygen atoms in total. The fraction of sp³-hybridized carbons (Fsp3) is 0.526. The highest BCUT2D eigenvalue weighted by molar-refractivity contribution is 7.89. The van der Waals surface area contributed by atoms with E-state index in [2.05, 4.69) is 14.5 Å². The molecule has 142 valence electrons. The minimum Gasteiger partial charge on any atom is -0.334 e. The number of aromatic nitrogens is 2. The van der Waals surface area contributed by atoms with E-state index < -0.39 is 10.0 Å². The van der Waals surface area contributed by atoms with Gasteiger partial charge in [-0.2, -0.15) is 4.31 Å². The molecule has 0 amide bonds. The van der Waals surface area contributed by atoms with Gasteiger partial charge in [0.25, 0.3) is 0 Å². The van der Waals surface area contributed by atoms with Gasteiger partial charge in [-0.25, -0.2) is 13.4 Å². The maximum Gasteiger partial charge on any atom is 0.243 e. The van der Waals surface area contributed by atoms with Crippen LogP contribution in [-0.2, 0) is 16.6 Å². The monoisotopic (exact) mass is 376 g/mol. The Morgan fingerprint density at radius 2 is 1.58 bits per heavy atom. The second-order valence-electron chi connectivity index (χ2n) is 7.14. The van der Waals surface area contributed by atoms with Crippen molar-refractivity contribution in [3.8, 4) is 0 Å². The molecule has 1 aromatic carbocycles. The number of nitrogens with zero attached hydrogens (tertiary/aromatic N) is 4. The minimum atomic E-state index is -3.44. The maximum atomic E-state index is 13.1. The van der Waals surface area contributed by atoms with Crippen LogP contribution >= 0.6 is 0 Å². The minimum absolute atomic E-state index is 0.477. The van der Waals surface area contributed by atoms with Gasteiger partial charge in [-0.05, 0) is 38.8 Å². The number of benzene rings is 1. The number of rotatable bonds is 5. The van der Waals surface area contributed by atoms with E-state index in [0.29, 0.717) is 18.0 Å². The van der Waals surface area contributed by atoms with Crippen LogP contribution in [-0.4, -0.2) is 59.9 Å². The van der Waals surface area contributed by atoms with Crippen molar-refractivity contribution in [2.45, 2.75) is 39.1 Å². The molecule has 0 aliphatic carbocycles. The third-order valence-electron chi connectivity index (χ3n) is 5.11. The van der Waals surface area contributed by atoms with Crippen LogP contribution < -0.4 is 0 Å². The molecule has 0 bridgehead atoms. The normalized spacial score (nSPS) is 16.9. The van der Waals surface area contributed by atoms with Crippen LogP contribution in [0.3, 0.4) is 0 Å². The van der Waals surface area contributed by atoms with Gasteiger partial charge in [-0.1, -0.05) is 17.7 Å². The molecule has 0 atom stereocenters. The molecule has 0 spiro atoms. The molecule has 1 fully saturated rings. The van der Waals surface area contributed by atoms with E-state index in [0.717, 1.165) is 48.7 Å². The van der Waals surface area contributed by atoms with Crippen LogP contribution in [0.1, 0.15) is 22.5 Å². The standard InChI is InChI=1S/C19H28N4O2S/c1-15-13-16(2)19(17(3)14-15)26(24,25)23-11-8-21(9-12-23)7-10-22-6-5-20-18(22)4/h5-6,13-14H,7-12H2,1-4H3. The molecule has 3 rings (SSSR count). The number of hydrogen-bond donors (Lipinski definition) is 0. The van der Waals surface area contributed by atoms with Gasteiger partial charge >= 0.3 is 0 Å². The zero-order valence-corrected chi connectivity index (χ0v) is 16.9. The van der Waals surface area contributed by atoms with Gasteiger partial charge in [0.15, 0.2) is 0 Å². The summed E-state index contributed by atoms with van der Waals surface area (Å²) in [6.07, 6.45) is 3.80. The van der Waals surface area contributed by atoms with Crippen LogP contribution in [0.25, 0.3) is 0 Å². The molecular weight excluding hydrogens is 348 g/mol. The number of piperazine rings is 1. The molecule has 2 aromatic rings. The van der Waals surface area contributed by atoms with Crippen molar-refractivity contribution in [1.82, 2.24) is 18.8 Å². The molecule has 0 N–H and O–H groups in total. The van der Waals surface area contributed by atoms with Gasteiger partial charge in [0.2, 0.25) is 10.0 Å². The number of aryl methyl sites for hydroxylation is 4. The highest BCUT2D eigenvalue weighted by Gasteiger charge is 2.30. The van der Waals surface area contributed by atoms with Crippen molar-refractivity contribution >= 4 is 10.0 Å². The van der Waals surface area contributed by atoms with E-state index in [1.165, 1.54) is 0 Å². The zero-order valence-electron chi connectivity index (χ0n) is 16.1. The van der Waals surface area contributed by atoms with Gasteiger partial charge in [-0.3, -0.25) is 4.90 Å². The second kappa shape index (κ2) is 7.50. The van der Waals surface area contributed by atoms with E-state index in [-0.39, 0.29) is 0 Å². The van der Waals surface area contributed by atoms with Crippen molar-refractivity contribution in [3.05, 3.63) is 47.0 Å². The summed E-state index contributed by atoms with van der Waals surface area (Å²) in [6.45, 7) is 12.2. The Morgan fingerprint density at radius 3 is 2.12 bits per heavy atom. The lowest BCUT2D eigenvalue weighted by Gasteiger charge is -2.34. The van der Waals surface area contributed by atoms with Crippen LogP contribution in [0.5, 0.6) is 0 Å². The topological polar surface area (TPSA) is 58.4 Å². The fourth-order valence-electron chi connectivity index (χ4n) is 3.79. The smallest absolute Gasteiger partial charge is 0.243 e. The van der Waals surface area contributed by atoms with Crippen molar-refractivity contribution < 1.29 is 8.42 Å². The first-order valence-electron chi connectivity index (χ1n) is 9.07. The van der Waals surface area contributed by atoms with Gasteiger partial charge in [-0.15, -0.1) is 0 Å². The molecule has 1 aliphatic heterocycles. The van der Waals surface area contributed by atoms with E-state index in [4.69, 9.17) is 0 Å². The first-order chi connectivity index (χ1) is 12.3. The lowest BCUT2D eigenvalue weighted by atomic mass is 10.1. The van der Waals surface area contributed by atoms with Gasteiger partial charge in [0, 0.05) is 51.7 Å². The van der Waals surface area contributed by atoms with Crippen molar-refractivity contribution in [1.29, 1.82) is 0 Å². The van der Waals surface area contributed by atoms with Crippen LogP contribution in [0.2, 0.25) is 0 Å². The molecule has 7 heteroatoms. The largest absolute Gasteiger partial charge is 0.334 e. The van der Waals surface area contributed by atoms with Crippen molar-refractivity contribution in [2.75, 3.05) is 32.7 Å². The summed E-state index contributed by atoms with van der Waals surface area (Å²) >= 11 is 0. The highest BCUT2D eigenvalue weighted by atomic mass is 32.2. The zero-order chi connectivity index (χ0) is 18.9. The average Bonchev–Trinajstić information content (AvgIpc) is 2.97. The SMILES string of the molecule is Cc1cc(C)c(S(=O)(=O)N2CCN(CCn3ccnc3C)CC2)c(C)c1. The predicted octanol–water partition coefficient (Wildman–Crippen LogP) is 2.12. The molecule has 1 aromatic heterocycles. The third-order valence-corrected chi connectivity index (χ3v) is 7.32. The Bertz CT molecular complexity index is 858. The Hall–Kier alpha value is -1.70. The molecule has 1 aliphatic rings. The highest BCUT2D eigenvalue weighted by Crippen LogP contribution is 2.26. The summed E-state index contributed by atoms with van der Waals surface area (Å²) in [5, 5.41) is 0. The average molecular weight is 377 g/mol. The molecule has 26 heavy (non-hydrogen) atoms. The van der Waals surface area contributed by atoms with Crippen LogP contribution in [0.4, 0.5) is 0 Å². The summed E-state index contributed by atoms with van der Waals surface area (Å²) in [7, 11) is -3.44. The van der Waals surface area contributed by atoms with Gasteiger partial charge < -0.3 is 4.57 Å². The van der Waals surface area contributed by atoms with Crippen LogP contribution in [0.15, 0.2) is 29.4 Å². The van der Waals surface area contributed by atoms with Crippen LogP contribution in [0, 0.1) is 27.7 Å². The molecule has 1 saturated heterocycles. The first-order valence-corrected chi connectivity index (χ1v) is 10.5. The summed E-state index contributed by atoms with van der Waals surface area (Å²) < 4.78 is 30.0. The Balaban J connectivity index is 1.65. The Labute approximate surface area is 156 Å². The summed E-state index contributed by atoms with van der Waals surface area (Å²) in [5.74, 6) is 1.01. The lowest BCUT2D eigenvalue weighted by Crippen LogP contribution is -2.49. The summed E-state index contributed by atoms with van der Waals surface area (Å²) in [4.78, 5) is 7.03.